The molecular weight excluding hydrogens is 190 g/mol. The van der Waals surface area contributed by atoms with Gasteiger partial charge >= 0.3 is 0 Å². The van der Waals surface area contributed by atoms with Crippen LogP contribution in [0.4, 0.5) is 0 Å². The third kappa shape index (κ3) is 3.80. The van der Waals surface area contributed by atoms with Crippen LogP contribution >= 0.6 is 0 Å². The summed E-state index contributed by atoms with van der Waals surface area (Å²) < 4.78 is 0. The van der Waals surface area contributed by atoms with Gasteiger partial charge in [0.05, 0.1) is 5.54 Å². The minimum Gasteiger partial charge on any atom is -0.352 e. The van der Waals surface area contributed by atoms with E-state index in [2.05, 4.69) is 17.1 Å². The Morgan fingerprint density at radius 2 is 2.00 bits per heavy atom. The molecule has 0 radical (unpaired) electrons. The van der Waals surface area contributed by atoms with Crippen molar-refractivity contribution in [3.8, 4) is 0 Å². The molecule has 0 aromatic carbocycles. The molecule has 1 fully saturated rings. The Morgan fingerprint density at radius 3 is 2.40 bits per heavy atom. The summed E-state index contributed by atoms with van der Waals surface area (Å²) in [5, 5.41) is 3.01. The number of nitrogens with one attached hydrogen (secondary N) is 1. The highest BCUT2D eigenvalue weighted by atomic mass is 16.2. The first-order valence-electron chi connectivity index (χ1n) is 5.75. The van der Waals surface area contributed by atoms with Crippen LogP contribution in [0.25, 0.3) is 0 Å². The fourth-order valence-electron chi connectivity index (χ4n) is 1.76. The lowest BCUT2D eigenvalue weighted by atomic mass is 10.0. The largest absolute Gasteiger partial charge is 0.352 e. The van der Waals surface area contributed by atoms with E-state index in [0.717, 1.165) is 32.5 Å². The Hall–Kier alpha value is -0.610. The number of likely N-dealkylation sites (tertiary alicyclic amines) is 1. The Bertz CT molecular complexity index is 214. The molecule has 1 rings (SSSR count). The number of hydrogen-bond acceptors (Lipinski definition) is 3. The third-order valence-corrected chi connectivity index (χ3v) is 2.96. The minimum absolute atomic E-state index is 0.0440. The Balaban J connectivity index is 2.33. The average molecular weight is 213 g/mol. The molecule has 0 unspecified atom stereocenters. The molecule has 1 amide bonds. The fraction of sp³-hybridized carbons (Fsp3) is 0.909. The zero-order valence-corrected chi connectivity index (χ0v) is 10.0. The SMILES string of the molecule is CCN1CCC(NC(=O)C(C)(C)N)CC1. The number of rotatable bonds is 3. The molecule has 1 saturated heterocycles. The molecule has 88 valence electrons. The van der Waals surface area contributed by atoms with Crippen molar-refractivity contribution in [1.29, 1.82) is 0 Å². The number of carbonyl (C=O) groups excluding carboxylic acids is 1. The topological polar surface area (TPSA) is 58.4 Å². The molecule has 0 aromatic rings. The van der Waals surface area contributed by atoms with Gasteiger partial charge in [0, 0.05) is 19.1 Å². The number of piperidine rings is 1. The molecule has 1 aliphatic rings. The lowest BCUT2D eigenvalue weighted by molar-refractivity contribution is -0.126. The summed E-state index contributed by atoms with van der Waals surface area (Å²) in [6.45, 7) is 8.90. The molecule has 0 bridgehead atoms. The Labute approximate surface area is 92.2 Å². The quantitative estimate of drug-likeness (QED) is 0.710. The van der Waals surface area contributed by atoms with Crippen LogP contribution in [0.15, 0.2) is 0 Å². The molecule has 4 nitrogen and oxygen atoms in total. The Morgan fingerprint density at radius 1 is 1.47 bits per heavy atom. The Kier molecular flexibility index (Phi) is 4.11. The number of nitrogens with zero attached hydrogens (tertiary/aromatic N) is 1. The lowest BCUT2D eigenvalue weighted by Crippen LogP contribution is -2.54. The predicted molar refractivity (Wildman–Crippen MR) is 61.5 cm³/mol. The fourth-order valence-corrected chi connectivity index (χ4v) is 1.76. The maximum absolute atomic E-state index is 11.6. The van der Waals surface area contributed by atoms with E-state index < -0.39 is 5.54 Å². The van der Waals surface area contributed by atoms with Gasteiger partial charge in [0.2, 0.25) is 5.91 Å². The van der Waals surface area contributed by atoms with Crippen molar-refractivity contribution >= 4 is 5.91 Å². The molecule has 15 heavy (non-hydrogen) atoms. The van der Waals surface area contributed by atoms with E-state index in [0.29, 0.717) is 6.04 Å². The van der Waals surface area contributed by atoms with Gasteiger partial charge in [-0.2, -0.15) is 0 Å². The van der Waals surface area contributed by atoms with Crippen LogP contribution in [0.3, 0.4) is 0 Å². The predicted octanol–water partition coefficient (Wildman–Crippen LogP) is 0.324. The maximum Gasteiger partial charge on any atom is 0.239 e. The molecule has 0 spiro atoms. The van der Waals surface area contributed by atoms with E-state index in [1.54, 1.807) is 13.8 Å². The molecule has 4 heteroatoms. The normalized spacial score (nSPS) is 20.3. The summed E-state index contributed by atoms with van der Waals surface area (Å²) in [7, 11) is 0. The van der Waals surface area contributed by atoms with E-state index in [1.165, 1.54) is 0 Å². The van der Waals surface area contributed by atoms with Crippen molar-refractivity contribution < 1.29 is 4.79 Å². The second kappa shape index (κ2) is 4.94. The zero-order valence-electron chi connectivity index (χ0n) is 10.0. The van der Waals surface area contributed by atoms with Crippen LogP contribution in [-0.2, 0) is 4.79 Å². The monoisotopic (exact) mass is 213 g/mol. The van der Waals surface area contributed by atoms with Crippen LogP contribution < -0.4 is 11.1 Å². The van der Waals surface area contributed by atoms with Crippen LogP contribution in [0.1, 0.15) is 33.6 Å². The maximum atomic E-state index is 11.6. The summed E-state index contributed by atoms with van der Waals surface area (Å²) in [6.07, 6.45) is 2.07. The van der Waals surface area contributed by atoms with Gasteiger partial charge in [-0.3, -0.25) is 4.79 Å². The van der Waals surface area contributed by atoms with Crippen molar-refractivity contribution in [3.05, 3.63) is 0 Å². The number of nitrogens with two attached hydrogens (primary N) is 1. The second-order valence-electron chi connectivity index (χ2n) is 4.90. The molecule has 3 N–H and O–H groups in total. The number of amides is 1. The smallest absolute Gasteiger partial charge is 0.239 e. The number of hydrogen-bond donors (Lipinski definition) is 2. The van der Waals surface area contributed by atoms with E-state index in [4.69, 9.17) is 5.73 Å². The molecule has 0 atom stereocenters. The molecule has 0 aliphatic carbocycles. The van der Waals surface area contributed by atoms with Crippen molar-refractivity contribution in [2.75, 3.05) is 19.6 Å². The van der Waals surface area contributed by atoms with Crippen LogP contribution in [0, 0.1) is 0 Å². The van der Waals surface area contributed by atoms with Crippen molar-refractivity contribution in [3.63, 3.8) is 0 Å². The van der Waals surface area contributed by atoms with Gasteiger partial charge in [-0.1, -0.05) is 6.92 Å². The first-order valence-corrected chi connectivity index (χ1v) is 5.75. The van der Waals surface area contributed by atoms with Crippen molar-refractivity contribution in [2.24, 2.45) is 5.73 Å². The minimum atomic E-state index is -0.762. The first-order chi connectivity index (χ1) is 6.93. The third-order valence-electron chi connectivity index (χ3n) is 2.96. The van der Waals surface area contributed by atoms with Gasteiger partial charge in [-0.25, -0.2) is 0 Å². The summed E-state index contributed by atoms with van der Waals surface area (Å²) in [5.74, 6) is -0.0440. The van der Waals surface area contributed by atoms with E-state index in [1.807, 2.05) is 0 Å². The van der Waals surface area contributed by atoms with E-state index in [9.17, 15) is 4.79 Å². The molecular formula is C11H23N3O. The van der Waals surface area contributed by atoms with Gasteiger partial charge in [-0.05, 0) is 33.2 Å². The van der Waals surface area contributed by atoms with Crippen LogP contribution in [0.5, 0.6) is 0 Å². The lowest BCUT2D eigenvalue weighted by Gasteiger charge is -2.32. The van der Waals surface area contributed by atoms with Crippen LogP contribution in [0.2, 0.25) is 0 Å². The average Bonchev–Trinajstić information content (AvgIpc) is 2.17. The molecule has 1 aliphatic heterocycles. The summed E-state index contributed by atoms with van der Waals surface area (Å²) in [5.41, 5.74) is 4.97. The number of carbonyl (C=O) groups is 1. The highest BCUT2D eigenvalue weighted by molar-refractivity contribution is 5.85. The summed E-state index contributed by atoms with van der Waals surface area (Å²) >= 11 is 0. The van der Waals surface area contributed by atoms with E-state index >= 15 is 0 Å². The second-order valence-corrected chi connectivity index (χ2v) is 4.90. The first kappa shape index (κ1) is 12.5. The molecule has 0 aromatic heterocycles. The van der Waals surface area contributed by atoms with Gasteiger partial charge in [-0.15, -0.1) is 0 Å². The van der Waals surface area contributed by atoms with Crippen LogP contribution in [-0.4, -0.2) is 42.0 Å². The molecule has 1 heterocycles. The van der Waals surface area contributed by atoms with Crippen molar-refractivity contribution in [1.82, 2.24) is 10.2 Å². The van der Waals surface area contributed by atoms with Gasteiger partial charge in [0.1, 0.15) is 0 Å². The van der Waals surface area contributed by atoms with Gasteiger partial charge in [0.15, 0.2) is 0 Å². The van der Waals surface area contributed by atoms with Crippen molar-refractivity contribution in [2.45, 2.75) is 45.2 Å². The molecule has 0 saturated carbocycles. The van der Waals surface area contributed by atoms with Gasteiger partial charge in [0.25, 0.3) is 0 Å². The van der Waals surface area contributed by atoms with Gasteiger partial charge < -0.3 is 16.0 Å². The zero-order chi connectivity index (χ0) is 11.5. The standard InChI is InChI=1S/C11H23N3O/c1-4-14-7-5-9(6-8-14)13-10(15)11(2,3)12/h9H,4-8,12H2,1-3H3,(H,13,15). The summed E-state index contributed by atoms with van der Waals surface area (Å²) in [4.78, 5) is 14.0. The highest BCUT2D eigenvalue weighted by Crippen LogP contribution is 2.10. The van der Waals surface area contributed by atoms with E-state index in [-0.39, 0.29) is 5.91 Å². The highest BCUT2D eigenvalue weighted by Gasteiger charge is 2.26. The summed E-state index contributed by atoms with van der Waals surface area (Å²) in [6, 6.07) is 0.308.